The van der Waals surface area contributed by atoms with Crippen molar-refractivity contribution in [2.75, 3.05) is 0 Å². The fourth-order valence-electron chi connectivity index (χ4n) is 5.93. The molecule has 26 heteroatoms. The Hall–Kier alpha value is -8.89. The van der Waals surface area contributed by atoms with Gasteiger partial charge in [0.1, 0.15) is 0 Å². The molecule has 3 aromatic carbocycles. The van der Waals surface area contributed by atoms with Gasteiger partial charge in [-0.25, -0.2) is 0 Å². The summed E-state index contributed by atoms with van der Waals surface area (Å²) in [5.41, 5.74) is 12.2. The van der Waals surface area contributed by atoms with Crippen molar-refractivity contribution >= 4 is 77.4 Å². The van der Waals surface area contributed by atoms with Gasteiger partial charge in [0.25, 0.3) is 0 Å². The minimum atomic E-state index is -1.75. The van der Waals surface area contributed by atoms with Crippen LogP contribution in [0.15, 0.2) is 119 Å². The first-order chi connectivity index (χ1) is 31.5. The van der Waals surface area contributed by atoms with Gasteiger partial charge in [-0.15, -0.1) is 12.0 Å². The first-order valence-electron chi connectivity index (χ1n) is 19.0. The second-order valence-corrected chi connectivity index (χ2v) is 13.4. The molecule has 0 amide bonds. The van der Waals surface area contributed by atoms with Gasteiger partial charge in [-0.2, -0.15) is 10.5 Å². The summed E-state index contributed by atoms with van der Waals surface area (Å²) in [6.07, 6.45) is 2.56. The maximum atomic E-state index is 8.25. The summed E-state index contributed by atoms with van der Waals surface area (Å²) in [7, 11) is 0. The van der Waals surface area contributed by atoms with Gasteiger partial charge in [-0.05, 0) is 77.9 Å². The number of hydrogen-bond donors (Lipinski definition) is 0. The molecule has 0 bridgehead atoms. The fraction of sp³-hybridized carbons (Fsp3) is 0.130. The molecule has 0 aliphatic heterocycles. The van der Waals surface area contributed by atoms with Crippen LogP contribution in [0.1, 0.15) is 34.2 Å². The van der Waals surface area contributed by atoms with Crippen molar-refractivity contribution in [1.82, 2.24) is 29.9 Å². The van der Waals surface area contributed by atoms with E-state index in [0.29, 0.717) is 0 Å². The smallest absolute Gasteiger partial charge is 0.457 e. The van der Waals surface area contributed by atoms with E-state index in [-0.39, 0.29) is 55.5 Å². The molecule has 0 aliphatic rings. The molecule has 0 spiro atoms. The van der Waals surface area contributed by atoms with Crippen LogP contribution >= 0.6 is 0 Å². The van der Waals surface area contributed by atoms with Crippen LogP contribution in [0.25, 0.3) is 76.2 Å². The van der Waals surface area contributed by atoms with Crippen LogP contribution in [0.2, 0.25) is 0 Å². The van der Waals surface area contributed by atoms with Crippen molar-refractivity contribution in [3.8, 4) is 12.4 Å². The molecule has 6 aromatic heterocycles. The van der Waals surface area contributed by atoms with E-state index in [9.17, 15) is 0 Å². The Labute approximate surface area is 430 Å². The largest absolute Gasteiger partial charge is 2.00 e. The number of aryl methyl sites for hydroxylation is 6. The van der Waals surface area contributed by atoms with E-state index in [0.717, 1.165) is 99.6 Å². The summed E-state index contributed by atoms with van der Waals surface area (Å²) in [4.78, 5) is 49.2. The molecule has 9 aromatic rings. The molecule has 0 saturated heterocycles. The van der Waals surface area contributed by atoms with Crippen LogP contribution in [0.4, 0.5) is 0 Å². The molecule has 6 heterocycles. The second-order valence-electron chi connectivity index (χ2n) is 13.4. The zero-order valence-electron chi connectivity index (χ0n) is 38.9. The zero-order chi connectivity index (χ0) is 48.8. The summed E-state index contributed by atoms with van der Waals surface area (Å²) in [5, 5.41) is 66.1. The van der Waals surface area contributed by atoms with E-state index in [4.69, 9.17) is 52.0 Å². The van der Waals surface area contributed by atoms with Gasteiger partial charge in [0.05, 0.1) is 55.7 Å². The Kier molecular flexibility index (Phi) is 34.1. The maximum absolute atomic E-state index is 8.25. The second kappa shape index (κ2) is 35.3. The molecule has 0 saturated carbocycles. The van der Waals surface area contributed by atoms with E-state index in [1.807, 2.05) is 77.9 Å². The number of aliphatic imine (C=N–C) groups is 2. The molecule has 2 radical (unpaired) electrons. The number of fused-ring (bicyclic) bond motifs is 9. The predicted molar refractivity (Wildman–Crippen MR) is 270 cm³/mol. The van der Waals surface area contributed by atoms with E-state index in [1.54, 1.807) is 0 Å². The molecule has 9 rings (SSSR count). The third-order valence-corrected chi connectivity index (χ3v) is 8.59. The van der Waals surface area contributed by atoms with E-state index >= 15 is 0 Å². The number of hydrogen-bond acceptors (Lipinski definition) is 16. The Bertz CT molecular complexity index is 2880. The van der Waals surface area contributed by atoms with Crippen LogP contribution in [0, 0.1) is 95.1 Å². The topological polar surface area (TPSA) is 456 Å². The quantitative estimate of drug-likeness (QED) is 0.0383. The Morgan fingerprint density at radius 2 is 0.514 bits per heavy atom. The standard InChI is InChI=1S/3C14H12N2.2C2N3.2Co.2NO3.4H2O/c3*1-9-3-5-11-7-8-12-6-4-10(2)16-14(12)13(11)15-9;2*3-1-5-2-4;;;2*2-1(3)4;;;;/h3*3-8H,1-2H3;;;;;;;4*1H2/q;;;2*-1;2*+2;2*-1;;;;/p+2. The SMILES string of the molecule is Cc1ccc2ccc3ccc(C)nc3c2n1.Cc1ccc2ccc3ccc(C)nc3c2n1.Cc1ccc2ccc3ccc(C)nc3c2n1.N#CN=C=[N-].N#CN=C=[N-].O.O.O=[N+]([O-])[O-].O=[N+]([O-])[O-].[Co+2].[Co+2].[OH3+].[OH3+]. The number of rotatable bonds is 0. The van der Waals surface area contributed by atoms with Crippen LogP contribution < -0.4 is 0 Å². The minimum absolute atomic E-state index is 0. The number of benzene rings is 3. The Morgan fingerprint density at radius 3 is 0.611 bits per heavy atom. The molecule has 24 nitrogen and oxygen atoms in total. The summed E-state index contributed by atoms with van der Waals surface area (Å²) in [5.74, 6) is 0. The number of nitriles is 2. The van der Waals surface area contributed by atoms with Gasteiger partial charge < -0.3 is 73.4 Å². The molecule has 10 N–H and O–H groups in total. The van der Waals surface area contributed by atoms with Crippen LogP contribution in [0.3, 0.4) is 0 Å². The predicted octanol–water partition coefficient (Wildman–Crippen LogP) is 6.64. The maximum Gasteiger partial charge on any atom is 2.00 e. The number of pyridine rings is 6. The van der Waals surface area contributed by atoms with Crippen molar-refractivity contribution in [1.29, 1.82) is 10.5 Å². The summed E-state index contributed by atoms with van der Waals surface area (Å²) >= 11 is 0. The number of aromatic nitrogens is 6. The third kappa shape index (κ3) is 22.0. The molecular formula is C46H46Co2N14O10+2. The van der Waals surface area contributed by atoms with Crippen molar-refractivity contribution in [2.45, 2.75) is 41.5 Å². The van der Waals surface area contributed by atoms with Gasteiger partial charge in [-0.1, -0.05) is 72.8 Å². The molecule has 376 valence electrons. The summed E-state index contributed by atoms with van der Waals surface area (Å²) < 4.78 is 0. The summed E-state index contributed by atoms with van der Waals surface area (Å²) in [6, 6.07) is 39.9. The molecular weight excluding hydrogens is 1030 g/mol. The third-order valence-electron chi connectivity index (χ3n) is 8.59. The van der Waals surface area contributed by atoms with Gasteiger partial charge >= 0.3 is 33.6 Å². The summed E-state index contributed by atoms with van der Waals surface area (Å²) in [6.45, 7) is 12.0. The monoisotopic (exact) mass is 1070 g/mol. The first-order valence-corrected chi connectivity index (χ1v) is 19.0. The van der Waals surface area contributed by atoms with Gasteiger partial charge in [0, 0.05) is 66.5 Å². The van der Waals surface area contributed by atoms with E-state index in [2.05, 4.69) is 113 Å². The van der Waals surface area contributed by atoms with Crippen LogP contribution in [-0.4, -0.2) is 63.0 Å². The van der Waals surface area contributed by atoms with Crippen molar-refractivity contribution < 1.29 is 65.6 Å². The van der Waals surface area contributed by atoms with Crippen molar-refractivity contribution in [3.05, 3.63) is 185 Å². The van der Waals surface area contributed by atoms with E-state index in [1.165, 1.54) is 24.4 Å². The Balaban J connectivity index is -0.000000398. The average Bonchev–Trinajstić information content (AvgIpc) is 3.27. The van der Waals surface area contributed by atoms with Gasteiger partial charge in [0.15, 0.2) is 0 Å². The van der Waals surface area contributed by atoms with Gasteiger partial charge in [-0.3, -0.25) is 29.9 Å². The molecule has 0 aliphatic carbocycles. The zero-order valence-corrected chi connectivity index (χ0v) is 41.0. The molecule has 72 heavy (non-hydrogen) atoms. The van der Waals surface area contributed by atoms with Crippen molar-refractivity contribution in [2.24, 2.45) is 9.98 Å². The van der Waals surface area contributed by atoms with Gasteiger partial charge in [0.2, 0.25) is 0 Å². The molecule has 0 unspecified atom stereocenters. The van der Waals surface area contributed by atoms with Crippen LogP contribution in [-0.2, 0) is 44.5 Å². The average molecular weight is 1070 g/mol. The molecule has 0 atom stereocenters. The first kappa shape index (κ1) is 69.7. The Morgan fingerprint density at radius 1 is 0.389 bits per heavy atom. The molecule has 0 fully saturated rings. The van der Waals surface area contributed by atoms with Crippen molar-refractivity contribution in [3.63, 3.8) is 0 Å². The fourth-order valence-corrected chi connectivity index (χ4v) is 5.93. The van der Waals surface area contributed by atoms with Crippen LogP contribution in [0.5, 0.6) is 0 Å². The minimum Gasteiger partial charge on any atom is -0.457 e. The number of nitrogens with zero attached hydrogens (tertiary/aromatic N) is 14. The van der Waals surface area contributed by atoms with E-state index < -0.39 is 10.2 Å². The normalized spacial score (nSPS) is 8.61.